The summed E-state index contributed by atoms with van der Waals surface area (Å²) in [6.45, 7) is 2.76. The number of non-ortho nitro benzene ring substituents is 1. The van der Waals surface area contributed by atoms with Crippen molar-refractivity contribution in [2.75, 3.05) is 91.7 Å². The van der Waals surface area contributed by atoms with Crippen molar-refractivity contribution < 1.29 is 77.7 Å². The van der Waals surface area contributed by atoms with E-state index in [0.717, 1.165) is 35.1 Å². The number of Topliss-reactive ketones (excluding diaryl/α,β-unsaturated/α-hetero) is 1. The maximum absolute atomic E-state index is 13.4. The SMILES string of the molecule is COc1cc(N=Nc2ccc(N(C)CCCC(=O)NCc3cn(CCOCCOC(CC(=O)CCCCCCCNC(=O)c4ccc(-c5c6ccc(=[N+](C)C)cc-6oc6cc(N(C)C)ccc56)c(C(=O)[O-])c4)O[C@@H]4O[C@H](CO)[C@@H](O)[C@H](O)[C@H]4O)nn3)cc2)c(C)cc1N=Nc1ccc([N+](=O)[O-])cc1. The number of hydrogen-bond acceptors (Lipinski definition) is 25. The van der Waals surface area contributed by atoms with Gasteiger partial charge in [-0.25, -0.2) is 9.26 Å². The summed E-state index contributed by atoms with van der Waals surface area (Å²) in [5.41, 5.74) is 7.46. The first-order chi connectivity index (χ1) is 49.6. The van der Waals surface area contributed by atoms with E-state index in [4.69, 9.17) is 28.1 Å². The van der Waals surface area contributed by atoms with E-state index in [9.17, 15) is 54.8 Å². The average molecular weight is 1420 g/mol. The Hall–Kier alpha value is -10.3. The average Bonchev–Trinajstić information content (AvgIpc) is 0.915. The van der Waals surface area contributed by atoms with Gasteiger partial charge in [0.25, 0.3) is 11.6 Å². The predicted octanol–water partition coefficient (Wildman–Crippen LogP) is 7.75. The van der Waals surface area contributed by atoms with Crippen molar-refractivity contribution in [3.8, 4) is 28.2 Å². The second-order valence-electron chi connectivity index (χ2n) is 25.2. The van der Waals surface area contributed by atoms with Crippen molar-refractivity contribution in [3.05, 3.63) is 159 Å². The summed E-state index contributed by atoms with van der Waals surface area (Å²) in [4.78, 5) is 66.9. The Kier molecular flexibility index (Phi) is 27.6. The van der Waals surface area contributed by atoms with E-state index in [0.29, 0.717) is 113 Å². The van der Waals surface area contributed by atoms with E-state index in [2.05, 4.69) is 41.4 Å². The lowest BCUT2D eigenvalue weighted by molar-refractivity contribution is -0.384. The van der Waals surface area contributed by atoms with E-state index < -0.39 is 60.4 Å². The predicted molar refractivity (Wildman–Crippen MR) is 379 cm³/mol. The molecule has 1 aromatic heterocycles. The number of benzene rings is 6. The largest absolute Gasteiger partial charge is 0.545 e. The number of aromatic carboxylic acids is 1. The summed E-state index contributed by atoms with van der Waals surface area (Å²) in [6.07, 6.45) is -3.35. The van der Waals surface area contributed by atoms with Gasteiger partial charge in [0.15, 0.2) is 12.6 Å². The molecule has 103 heavy (non-hydrogen) atoms. The molecular formula is C73H87N13O17. The number of nitro benzene ring substituents is 1. The molecule has 6 aromatic rings. The molecular weight excluding hydrogens is 1330 g/mol. The number of ketones is 1. The molecule has 546 valence electrons. The Morgan fingerprint density at radius 2 is 1.47 bits per heavy atom. The molecule has 0 bridgehead atoms. The minimum absolute atomic E-state index is 0.0462. The zero-order valence-corrected chi connectivity index (χ0v) is 58.5. The third kappa shape index (κ3) is 21.2. The molecule has 30 nitrogen and oxygen atoms in total. The molecule has 1 unspecified atom stereocenters. The zero-order chi connectivity index (χ0) is 73.7. The summed E-state index contributed by atoms with van der Waals surface area (Å²) in [6, 6.07) is 32.7. The van der Waals surface area contributed by atoms with Crippen LogP contribution in [0.4, 0.5) is 39.8 Å². The minimum atomic E-state index is -1.73. The number of carboxylic acid groups (broad SMARTS) is 1. The third-order valence-electron chi connectivity index (χ3n) is 17.3. The number of aliphatic hydroxyl groups excluding tert-OH is 4. The molecule has 0 spiro atoms. The number of unbranched alkanes of at least 4 members (excludes halogenated alkanes) is 4. The molecule has 1 aliphatic carbocycles. The van der Waals surface area contributed by atoms with E-state index >= 15 is 0 Å². The number of ether oxygens (including phenoxy) is 5. The number of aliphatic hydroxyl groups is 4. The normalized spacial score (nSPS) is 16.3. The van der Waals surface area contributed by atoms with Gasteiger partial charge in [-0.2, -0.15) is 15.3 Å². The summed E-state index contributed by atoms with van der Waals surface area (Å²) >= 11 is 0. The van der Waals surface area contributed by atoms with Crippen LogP contribution in [0.1, 0.15) is 89.8 Å². The molecule has 2 aliphatic heterocycles. The zero-order valence-electron chi connectivity index (χ0n) is 58.5. The van der Waals surface area contributed by atoms with E-state index in [-0.39, 0.29) is 74.1 Å². The topological polar surface area (TPSA) is 388 Å². The van der Waals surface area contributed by atoms with Gasteiger partial charge in [0.1, 0.15) is 72.8 Å². The van der Waals surface area contributed by atoms with Crippen LogP contribution in [0.2, 0.25) is 0 Å². The van der Waals surface area contributed by atoms with Crippen LogP contribution in [-0.4, -0.2) is 183 Å². The Morgan fingerprint density at radius 1 is 0.757 bits per heavy atom. The van der Waals surface area contributed by atoms with Gasteiger partial charge in [-0.05, 0) is 110 Å². The van der Waals surface area contributed by atoms with Gasteiger partial charge in [-0.3, -0.25) is 24.5 Å². The standard InChI is InChI=1S/C73H87N13O17/c1-45-36-60(80-77-48-19-23-51(24-20-48)86(96)97)63(98-7)41-59(45)79-76-47-17-21-50(22-18-47)84(6)31-13-15-65(89)75-42-49-43-85(81-78-49)32-33-99-34-35-100-66(103-73-70(92)69(91)68(90)64(44-87)102-73)40-54(88)14-11-9-8-10-12-30-74-71(93)46-16-27-55(58(37-46)72(94)95)67-56-28-25-52(82(2)3)38-61(56)101-62-39-53(83(4)5)26-29-57(62)67/h16-29,36-39,41,43,64,66,68-70,73,87,90-92H,8-15,30-35,40,42,44H2,1-7H3,(H2-,74,75,89,93,94,95)/t64-,66?,68-,69+,70-,73+/m1/s1. The number of nitrogens with zero attached hydrogens (tertiary/aromatic N) is 11. The Labute approximate surface area is 594 Å². The summed E-state index contributed by atoms with van der Waals surface area (Å²) in [5.74, 6) is -1.27. The molecule has 30 heteroatoms. The first-order valence-electron chi connectivity index (χ1n) is 33.8. The summed E-state index contributed by atoms with van der Waals surface area (Å²) in [5, 5.41) is 98.0. The van der Waals surface area contributed by atoms with Crippen LogP contribution in [0.3, 0.4) is 0 Å². The van der Waals surface area contributed by atoms with Gasteiger partial charge in [-0.15, -0.1) is 10.2 Å². The Morgan fingerprint density at radius 3 is 2.17 bits per heavy atom. The van der Waals surface area contributed by atoms with E-state index in [1.54, 1.807) is 35.1 Å². The highest BCUT2D eigenvalue weighted by Crippen LogP contribution is 2.43. The molecule has 1 saturated heterocycles. The van der Waals surface area contributed by atoms with Crippen LogP contribution in [0, 0.1) is 17.0 Å². The van der Waals surface area contributed by atoms with E-state index in [1.165, 1.54) is 37.4 Å². The molecule has 6 atom stereocenters. The number of carbonyl (C=O) groups is 4. The Bertz CT molecular complexity index is 4330. The number of carbonyl (C=O) groups excluding carboxylic acids is 4. The van der Waals surface area contributed by atoms with Crippen molar-refractivity contribution in [1.29, 1.82) is 0 Å². The van der Waals surface area contributed by atoms with Crippen LogP contribution in [0.15, 0.2) is 146 Å². The Balaban J connectivity index is 0.663. The van der Waals surface area contributed by atoms with E-state index in [1.807, 2.05) is 117 Å². The number of azo groups is 2. The number of aromatic nitrogens is 3. The number of methoxy groups -OCH3 is 1. The van der Waals surface area contributed by atoms with Crippen LogP contribution >= 0.6 is 0 Å². The van der Waals surface area contributed by atoms with Crippen molar-refractivity contribution in [2.24, 2.45) is 20.5 Å². The number of aryl methyl sites for hydroxylation is 1. The van der Waals surface area contributed by atoms with Gasteiger partial charge < -0.3 is 78.9 Å². The van der Waals surface area contributed by atoms with Crippen LogP contribution in [0.25, 0.3) is 33.4 Å². The van der Waals surface area contributed by atoms with Crippen molar-refractivity contribution in [3.63, 3.8) is 0 Å². The molecule has 3 aliphatic rings. The van der Waals surface area contributed by atoms with Crippen molar-refractivity contribution in [2.45, 2.75) is 115 Å². The lowest BCUT2D eigenvalue weighted by Gasteiger charge is -2.40. The fraction of sp³-hybridized carbons (Fsp3) is 0.411. The molecule has 6 N–H and O–H groups in total. The first kappa shape index (κ1) is 76.9. The van der Waals surface area contributed by atoms with Crippen LogP contribution in [-0.2, 0) is 41.6 Å². The number of nitrogens with one attached hydrogen (secondary N) is 2. The van der Waals surface area contributed by atoms with Gasteiger partial charge in [0, 0.05) is 116 Å². The highest BCUT2D eigenvalue weighted by Gasteiger charge is 2.45. The molecule has 9 rings (SSSR count). The first-order valence-corrected chi connectivity index (χ1v) is 33.8. The smallest absolute Gasteiger partial charge is 0.269 e. The number of carboxylic acids is 1. The maximum Gasteiger partial charge on any atom is 0.269 e. The fourth-order valence-electron chi connectivity index (χ4n) is 11.4. The lowest BCUT2D eigenvalue weighted by Crippen LogP contribution is -2.59. The lowest BCUT2D eigenvalue weighted by atomic mass is 9.89. The number of hydrogen-bond donors (Lipinski definition) is 6. The maximum atomic E-state index is 13.4. The van der Waals surface area contributed by atoms with Gasteiger partial charge in [0.05, 0.1) is 93.3 Å². The van der Waals surface area contributed by atoms with Crippen LogP contribution in [0.5, 0.6) is 5.75 Å². The summed E-state index contributed by atoms with van der Waals surface area (Å²) in [7, 11) is 11.1. The minimum Gasteiger partial charge on any atom is -0.545 e. The molecule has 0 radical (unpaired) electrons. The molecule has 3 heterocycles. The van der Waals surface area contributed by atoms with Gasteiger partial charge in [0.2, 0.25) is 11.3 Å². The molecule has 0 saturated carbocycles. The molecule has 5 aromatic carbocycles. The van der Waals surface area contributed by atoms with Crippen LogP contribution < -0.4 is 40.2 Å². The molecule has 1 fully saturated rings. The second kappa shape index (κ2) is 37.0. The monoisotopic (exact) mass is 1420 g/mol. The van der Waals surface area contributed by atoms with Crippen molar-refractivity contribution in [1.82, 2.24) is 30.2 Å². The quantitative estimate of drug-likeness (QED) is 0.00412. The number of anilines is 2. The highest BCUT2D eigenvalue weighted by atomic mass is 16.8. The van der Waals surface area contributed by atoms with Crippen molar-refractivity contribution >= 4 is 74.3 Å². The highest BCUT2D eigenvalue weighted by molar-refractivity contribution is 6.09. The number of amides is 2. The fourth-order valence-corrected chi connectivity index (χ4v) is 11.4. The van der Waals surface area contributed by atoms with Gasteiger partial charge in [-0.1, -0.05) is 30.5 Å². The molecule has 2 amide bonds. The number of rotatable bonds is 37. The number of fused-ring (bicyclic) bond motifs is 2. The summed E-state index contributed by atoms with van der Waals surface area (Å²) < 4.78 is 38.5. The second-order valence-corrected chi connectivity index (χ2v) is 25.2. The van der Waals surface area contributed by atoms with Gasteiger partial charge >= 0.3 is 0 Å². The third-order valence-corrected chi connectivity index (χ3v) is 17.3. The number of nitro groups is 1.